The summed E-state index contributed by atoms with van der Waals surface area (Å²) in [5.41, 5.74) is 10.6. The molecule has 4 rings (SSSR count). The molecular formula is C27H30N4O3. The minimum absolute atomic E-state index is 0.00361. The van der Waals surface area contributed by atoms with Crippen LogP contribution < -0.4 is 16.3 Å². The predicted octanol–water partition coefficient (Wildman–Crippen LogP) is 4.37. The molecule has 0 atom stereocenters. The quantitative estimate of drug-likeness (QED) is 0.364. The number of amides is 2. The number of fused-ring (bicyclic) bond motifs is 3. The summed E-state index contributed by atoms with van der Waals surface area (Å²) in [5, 5.41) is 4.42. The molecule has 0 spiro atoms. The standard InChI is InChI=1S/C27H30N4O3/c1-2-3-4-9-16-28-26(32)20-11-10-17-31(18-20)30-29-27(33)34-19-25-23-14-7-5-12-21(23)22-13-6-8-15-24(22)25/h5-8,10-17,25,30H,1-4,9,18-19H2,(H,28,32)(H,29,33). The van der Waals surface area contributed by atoms with E-state index >= 15 is 0 Å². The van der Waals surface area contributed by atoms with Crippen molar-refractivity contribution < 1.29 is 14.3 Å². The van der Waals surface area contributed by atoms with Crippen molar-refractivity contribution in [1.82, 2.24) is 21.3 Å². The van der Waals surface area contributed by atoms with Crippen LogP contribution in [-0.4, -0.2) is 30.2 Å². The van der Waals surface area contributed by atoms with E-state index in [2.05, 4.69) is 47.5 Å². The lowest BCUT2D eigenvalue weighted by Gasteiger charge is -2.25. The highest BCUT2D eigenvalue weighted by molar-refractivity contribution is 5.94. The Bertz CT molecular complexity index is 1030. The van der Waals surface area contributed by atoms with Crippen LogP contribution in [-0.2, 0) is 9.53 Å². The summed E-state index contributed by atoms with van der Waals surface area (Å²) in [5.74, 6) is -0.164. The number of unbranched alkanes of at least 4 members (excludes halogenated alkanes) is 3. The summed E-state index contributed by atoms with van der Waals surface area (Å²) in [6.07, 6.45) is 8.40. The lowest BCUT2D eigenvalue weighted by molar-refractivity contribution is -0.117. The summed E-state index contributed by atoms with van der Waals surface area (Å²) in [6, 6.07) is 16.4. The Labute approximate surface area is 200 Å². The Morgan fingerprint density at radius 1 is 1.06 bits per heavy atom. The van der Waals surface area contributed by atoms with Crippen LogP contribution in [0, 0.1) is 13.5 Å². The van der Waals surface area contributed by atoms with Crippen LogP contribution in [0.5, 0.6) is 0 Å². The Kier molecular flexibility index (Phi) is 7.99. The number of carbonyl (C=O) groups excluding carboxylic acids is 2. The van der Waals surface area contributed by atoms with E-state index in [9.17, 15) is 9.59 Å². The maximum absolute atomic E-state index is 12.4. The summed E-state index contributed by atoms with van der Waals surface area (Å²) < 4.78 is 5.52. The maximum Gasteiger partial charge on any atom is 0.423 e. The van der Waals surface area contributed by atoms with Gasteiger partial charge in [0.15, 0.2) is 0 Å². The first-order chi connectivity index (χ1) is 16.7. The summed E-state index contributed by atoms with van der Waals surface area (Å²) in [4.78, 5) is 24.7. The van der Waals surface area contributed by atoms with Crippen molar-refractivity contribution in [1.29, 1.82) is 0 Å². The highest BCUT2D eigenvalue weighted by Gasteiger charge is 2.29. The Morgan fingerprint density at radius 2 is 1.76 bits per heavy atom. The predicted molar refractivity (Wildman–Crippen MR) is 132 cm³/mol. The van der Waals surface area contributed by atoms with Crippen LogP contribution in [0.2, 0.25) is 0 Å². The summed E-state index contributed by atoms with van der Waals surface area (Å²) in [7, 11) is 0. The molecule has 2 aromatic carbocycles. The molecule has 0 unspecified atom stereocenters. The number of hydrogen-bond acceptors (Lipinski definition) is 5. The van der Waals surface area contributed by atoms with Gasteiger partial charge in [-0.3, -0.25) is 9.80 Å². The fourth-order valence-electron chi connectivity index (χ4n) is 4.21. The molecule has 34 heavy (non-hydrogen) atoms. The Morgan fingerprint density at radius 3 is 2.47 bits per heavy atom. The van der Waals surface area contributed by atoms with E-state index in [-0.39, 0.29) is 18.4 Å². The van der Waals surface area contributed by atoms with Gasteiger partial charge in [-0.25, -0.2) is 10.2 Å². The smallest absolute Gasteiger partial charge is 0.423 e. The molecule has 176 valence electrons. The maximum atomic E-state index is 12.4. The molecule has 0 saturated carbocycles. The van der Waals surface area contributed by atoms with Crippen LogP contribution in [0.15, 0.2) is 72.5 Å². The number of allylic oxidation sites excluding steroid dienone is 2. The third kappa shape index (κ3) is 5.66. The molecular weight excluding hydrogens is 428 g/mol. The van der Waals surface area contributed by atoms with Crippen molar-refractivity contribution in [2.45, 2.75) is 31.6 Å². The third-order valence-corrected chi connectivity index (χ3v) is 5.92. The van der Waals surface area contributed by atoms with Crippen molar-refractivity contribution in [3.63, 3.8) is 0 Å². The van der Waals surface area contributed by atoms with E-state index in [1.165, 1.54) is 11.1 Å². The average molecular weight is 459 g/mol. The molecule has 2 aromatic rings. The molecule has 0 saturated heterocycles. The van der Waals surface area contributed by atoms with E-state index in [4.69, 9.17) is 4.74 Å². The normalized spacial score (nSPS) is 14.3. The largest absolute Gasteiger partial charge is 0.448 e. The average Bonchev–Trinajstić information content (AvgIpc) is 3.20. The third-order valence-electron chi connectivity index (χ3n) is 5.92. The summed E-state index contributed by atoms with van der Waals surface area (Å²) in [6.45, 7) is 6.13. The van der Waals surface area contributed by atoms with E-state index in [0.29, 0.717) is 12.1 Å². The van der Waals surface area contributed by atoms with Gasteiger partial charge in [0.1, 0.15) is 6.61 Å². The van der Waals surface area contributed by atoms with Gasteiger partial charge in [0, 0.05) is 24.2 Å². The Hall–Kier alpha value is -3.58. The second-order valence-corrected chi connectivity index (χ2v) is 8.25. The van der Waals surface area contributed by atoms with Crippen LogP contribution in [0.3, 0.4) is 0 Å². The van der Waals surface area contributed by atoms with Crippen molar-refractivity contribution in [2.75, 3.05) is 13.2 Å². The molecule has 7 heteroatoms. The van der Waals surface area contributed by atoms with Crippen molar-refractivity contribution in [3.05, 3.63) is 97.1 Å². The van der Waals surface area contributed by atoms with Gasteiger partial charge in [-0.1, -0.05) is 80.8 Å². The first kappa shape index (κ1) is 23.6. The molecule has 2 radical (unpaired) electrons. The molecule has 2 amide bonds. The fraction of sp³-hybridized carbons (Fsp3) is 0.259. The van der Waals surface area contributed by atoms with Gasteiger partial charge in [0.2, 0.25) is 5.91 Å². The molecule has 0 fully saturated rings. The first-order valence-electron chi connectivity index (χ1n) is 11.6. The van der Waals surface area contributed by atoms with Gasteiger partial charge in [-0.05, 0) is 34.8 Å². The monoisotopic (exact) mass is 458 g/mol. The zero-order valence-corrected chi connectivity index (χ0v) is 19.1. The molecule has 7 nitrogen and oxygen atoms in total. The fourth-order valence-corrected chi connectivity index (χ4v) is 4.21. The van der Waals surface area contributed by atoms with E-state index in [0.717, 1.165) is 36.8 Å². The number of benzene rings is 2. The van der Waals surface area contributed by atoms with Crippen molar-refractivity contribution in [2.24, 2.45) is 0 Å². The molecule has 3 N–H and O–H groups in total. The van der Waals surface area contributed by atoms with Gasteiger partial charge in [0.25, 0.3) is 0 Å². The Balaban J connectivity index is 1.23. The molecule has 0 aromatic heterocycles. The van der Waals surface area contributed by atoms with Crippen molar-refractivity contribution in [3.8, 4) is 11.1 Å². The number of rotatable bonds is 10. The number of hydrogen-bond donors (Lipinski definition) is 3. The topological polar surface area (TPSA) is 82.7 Å². The highest BCUT2D eigenvalue weighted by atomic mass is 16.6. The lowest BCUT2D eigenvalue weighted by atomic mass is 9.98. The van der Waals surface area contributed by atoms with E-state index < -0.39 is 6.09 Å². The second-order valence-electron chi connectivity index (χ2n) is 8.25. The highest BCUT2D eigenvalue weighted by Crippen LogP contribution is 2.44. The van der Waals surface area contributed by atoms with Gasteiger partial charge in [-0.15, -0.1) is 5.53 Å². The van der Waals surface area contributed by atoms with Gasteiger partial charge >= 0.3 is 6.09 Å². The van der Waals surface area contributed by atoms with Gasteiger partial charge < -0.3 is 10.1 Å². The van der Waals surface area contributed by atoms with Crippen LogP contribution in [0.25, 0.3) is 11.1 Å². The number of ether oxygens (including phenoxy) is 1. The summed E-state index contributed by atoms with van der Waals surface area (Å²) >= 11 is 0. The van der Waals surface area contributed by atoms with Crippen LogP contribution in [0.4, 0.5) is 4.79 Å². The minimum Gasteiger partial charge on any atom is -0.448 e. The van der Waals surface area contributed by atoms with Crippen LogP contribution >= 0.6 is 0 Å². The van der Waals surface area contributed by atoms with E-state index in [1.54, 1.807) is 29.9 Å². The minimum atomic E-state index is -0.588. The SMILES string of the molecule is [CH2]CCCC[CH]NC(=O)C1=CC=CN(NNC(=O)OCC2c3ccccc3-c3ccccc32)C1. The zero-order chi connectivity index (χ0) is 23.8. The zero-order valence-electron chi connectivity index (χ0n) is 19.1. The number of carbonyl (C=O) groups is 2. The van der Waals surface area contributed by atoms with Gasteiger partial charge in [-0.2, -0.15) is 0 Å². The number of hydrazine groups is 2. The molecule has 0 bridgehead atoms. The van der Waals surface area contributed by atoms with E-state index in [1.807, 2.05) is 24.3 Å². The molecule has 2 aliphatic rings. The molecule has 1 heterocycles. The van der Waals surface area contributed by atoms with Crippen molar-refractivity contribution >= 4 is 12.0 Å². The number of nitrogens with zero attached hydrogens (tertiary/aromatic N) is 1. The van der Waals surface area contributed by atoms with Gasteiger partial charge in [0.05, 0.1) is 6.54 Å². The lowest BCUT2D eigenvalue weighted by Crippen LogP contribution is -2.49. The molecule has 1 aliphatic carbocycles. The second kappa shape index (κ2) is 11.5. The van der Waals surface area contributed by atoms with Crippen LogP contribution in [0.1, 0.15) is 42.7 Å². The first-order valence-corrected chi connectivity index (χ1v) is 11.6. The molecule has 1 aliphatic heterocycles. The number of nitrogens with one attached hydrogen (secondary N) is 3.